The number of nitrogens with zero attached hydrogens (tertiary/aromatic N) is 1. The van der Waals surface area contributed by atoms with Crippen LogP contribution in [0.15, 0.2) is 18.2 Å². The van der Waals surface area contributed by atoms with Crippen LogP contribution in [0.4, 0.5) is 0 Å². The van der Waals surface area contributed by atoms with Crippen molar-refractivity contribution in [3.8, 4) is 11.5 Å². The highest BCUT2D eigenvalue weighted by atomic mass is 16.5. The van der Waals surface area contributed by atoms with Crippen LogP contribution in [0.1, 0.15) is 48.9 Å². The average molecular weight is 333 g/mol. The maximum atomic E-state index is 11.2. The maximum Gasteiger partial charge on any atom is 0.157 e. The predicted molar refractivity (Wildman–Crippen MR) is 91.8 cm³/mol. The Morgan fingerprint density at radius 1 is 1.29 bits per heavy atom. The van der Waals surface area contributed by atoms with Crippen LogP contribution in [0.5, 0.6) is 11.5 Å². The third-order valence-electron chi connectivity index (χ3n) is 5.42. The standard InChI is InChI=1S/C19H27NO4/c1-23-16-7-2-5-14(11-16)20-10-4-6-15(20)13-24-19-9-3-8-18(22)17(19)12-21/h3,8-9,12,14-16,22H,2,4-7,10-11,13H2,1H3/t14?,15-,16?/m0/s1. The van der Waals surface area contributed by atoms with Gasteiger partial charge in [0.2, 0.25) is 0 Å². The van der Waals surface area contributed by atoms with Crippen LogP contribution in [0, 0.1) is 0 Å². The van der Waals surface area contributed by atoms with E-state index < -0.39 is 0 Å². The molecule has 0 radical (unpaired) electrons. The number of phenolic OH excluding ortho intramolecular Hbond substituents is 1. The van der Waals surface area contributed by atoms with Gasteiger partial charge in [-0.25, -0.2) is 0 Å². The van der Waals surface area contributed by atoms with Gasteiger partial charge in [0.15, 0.2) is 6.29 Å². The molecule has 5 nitrogen and oxygen atoms in total. The monoisotopic (exact) mass is 333 g/mol. The first-order valence-corrected chi connectivity index (χ1v) is 8.91. The number of carbonyl (C=O) groups is 1. The summed E-state index contributed by atoms with van der Waals surface area (Å²) in [5, 5.41) is 9.76. The van der Waals surface area contributed by atoms with E-state index in [2.05, 4.69) is 4.90 Å². The smallest absolute Gasteiger partial charge is 0.157 e. The molecule has 2 unspecified atom stereocenters. The fraction of sp³-hybridized carbons (Fsp3) is 0.632. The molecule has 1 saturated carbocycles. The Kier molecular flexibility index (Phi) is 5.74. The van der Waals surface area contributed by atoms with E-state index in [0.717, 1.165) is 25.8 Å². The van der Waals surface area contributed by atoms with Crippen molar-refractivity contribution in [1.29, 1.82) is 0 Å². The predicted octanol–water partition coefficient (Wildman–Crippen LogP) is 3.01. The van der Waals surface area contributed by atoms with Gasteiger partial charge in [-0.1, -0.05) is 6.07 Å². The molecule has 0 bridgehead atoms. The molecule has 3 rings (SSSR count). The maximum absolute atomic E-state index is 11.2. The first-order chi connectivity index (χ1) is 11.7. The van der Waals surface area contributed by atoms with Gasteiger partial charge in [0, 0.05) is 19.2 Å². The van der Waals surface area contributed by atoms with Crippen molar-refractivity contribution in [3.63, 3.8) is 0 Å². The van der Waals surface area contributed by atoms with Crippen molar-refractivity contribution in [3.05, 3.63) is 23.8 Å². The lowest BCUT2D eigenvalue weighted by molar-refractivity contribution is 0.0183. The molecule has 1 N–H and O–H groups in total. The number of aldehydes is 1. The molecule has 5 heteroatoms. The Balaban J connectivity index is 1.62. The van der Waals surface area contributed by atoms with E-state index in [0.29, 0.717) is 36.8 Å². The van der Waals surface area contributed by atoms with E-state index in [1.807, 2.05) is 0 Å². The molecule has 3 atom stereocenters. The zero-order valence-corrected chi connectivity index (χ0v) is 14.3. The number of likely N-dealkylation sites (tertiary alicyclic amines) is 1. The van der Waals surface area contributed by atoms with Crippen molar-refractivity contribution in [2.75, 3.05) is 20.3 Å². The van der Waals surface area contributed by atoms with Gasteiger partial charge in [0.25, 0.3) is 0 Å². The third kappa shape index (κ3) is 3.73. The van der Waals surface area contributed by atoms with Gasteiger partial charge < -0.3 is 14.6 Å². The number of rotatable bonds is 6. The normalized spacial score (nSPS) is 28.0. The van der Waals surface area contributed by atoms with Gasteiger partial charge in [-0.15, -0.1) is 0 Å². The van der Waals surface area contributed by atoms with Gasteiger partial charge in [0.1, 0.15) is 18.1 Å². The number of carbonyl (C=O) groups excluding carboxylic acids is 1. The van der Waals surface area contributed by atoms with Crippen LogP contribution in [-0.4, -0.2) is 54.7 Å². The number of aromatic hydroxyl groups is 1. The lowest BCUT2D eigenvalue weighted by Gasteiger charge is -2.38. The highest BCUT2D eigenvalue weighted by Crippen LogP contribution is 2.31. The van der Waals surface area contributed by atoms with Crippen LogP contribution in [-0.2, 0) is 4.74 Å². The molecule has 1 aromatic carbocycles. The van der Waals surface area contributed by atoms with E-state index in [1.165, 1.54) is 25.3 Å². The molecule has 1 aliphatic heterocycles. The number of hydrogen-bond donors (Lipinski definition) is 1. The molecule has 2 fully saturated rings. The topological polar surface area (TPSA) is 59.0 Å². The quantitative estimate of drug-likeness (QED) is 0.811. The first kappa shape index (κ1) is 17.2. The van der Waals surface area contributed by atoms with Gasteiger partial charge in [-0.2, -0.15) is 0 Å². The molecule has 1 aromatic rings. The summed E-state index contributed by atoms with van der Waals surface area (Å²) in [6.45, 7) is 1.66. The minimum Gasteiger partial charge on any atom is -0.507 e. The summed E-state index contributed by atoms with van der Waals surface area (Å²) < 4.78 is 11.5. The molecule has 1 heterocycles. The molecule has 132 valence electrons. The summed E-state index contributed by atoms with van der Waals surface area (Å²) in [6.07, 6.45) is 8.02. The Morgan fingerprint density at radius 3 is 2.96 bits per heavy atom. The van der Waals surface area contributed by atoms with Crippen molar-refractivity contribution in [2.45, 2.75) is 56.7 Å². The van der Waals surface area contributed by atoms with Crippen LogP contribution in [0.25, 0.3) is 0 Å². The number of benzene rings is 1. The van der Waals surface area contributed by atoms with E-state index in [9.17, 15) is 9.90 Å². The van der Waals surface area contributed by atoms with Crippen molar-refractivity contribution in [1.82, 2.24) is 4.90 Å². The largest absolute Gasteiger partial charge is 0.507 e. The number of ether oxygens (including phenoxy) is 2. The molecular weight excluding hydrogens is 306 g/mol. The minimum atomic E-state index is -0.0269. The number of hydrogen-bond acceptors (Lipinski definition) is 5. The Morgan fingerprint density at radius 2 is 2.17 bits per heavy atom. The van der Waals surface area contributed by atoms with Crippen LogP contribution in [0.3, 0.4) is 0 Å². The van der Waals surface area contributed by atoms with Crippen LogP contribution in [0.2, 0.25) is 0 Å². The molecule has 24 heavy (non-hydrogen) atoms. The molecule has 1 aliphatic carbocycles. The second-order valence-corrected chi connectivity index (χ2v) is 6.83. The van der Waals surface area contributed by atoms with Gasteiger partial charge in [-0.3, -0.25) is 9.69 Å². The third-order valence-corrected chi connectivity index (χ3v) is 5.42. The van der Waals surface area contributed by atoms with Gasteiger partial charge >= 0.3 is 0 Å². The summed E-state index contributed by atoms with van der Waals surface area (Å²) in [7, 11) is 1.81. The Hall–Kier alpha value is -1.59. The SMILES string of the molecule is COC1CCCC(N2CCC[C@H]2COc2cccc(O)c2C=O)C1. The van der Waals surface area contributed by atoms with Crippen LogP contribution < -0.4 is 4.74 Å². The zero-order chi connectivity index (χ0) is 16.9. The van der Waals surface area contributed by atoms with Crippen LogP contribution >= 0.6 is 0 Å². The second-order valence-electron chi connectivity index (χ2n) is 6.83. The molecule has 0 amide bonds. The van der Waals surface area contributed by atoms with Crippen molar-refractivity contribution >= 4 is 6.29 Å². The lowest BCUT2D eigenvalue weighted by atomic mass is 9.91. The van der Waals surface area contributed by atoms with E-state index >= 15 is 0 Å². The summed E-state index contributed by atoms with van der Waals surface area (Å²) in [4.78, 5) is 13.7. The van der Waals surface area contributed by atoms with E-state index in [4.69, 9.17) is 9.47 Å². The highest BCUT2D eigenvalue weighted by Gasteiger charge is 2.34. The minimum absolute atomic E-state index is 0.0269. The fourth-order valence-electron chi connectivity index (χ4n) is 4.12. The van der Waals surface area contributed by atoms with Crippen molar-refractivity contribution in [2.24, 2.45) is 0 Å². The first-order valence-electron chi connectivity index (χ1n) is 8.91. The number of phenols is 1. The average Bonchev–Trinajstić information content (AvgIpc) is 3.08. The molecule has 1 saturated heterocycles. The molecular formula is C19H27NO4. The van der Waals surface area contributed by atoms with Gasteiger partial charge in [-0.05, 0) is 57.2 Å². The zero-order valence-electron chi connectivity index (χ0n) is 14.3. The highest BCUT2D eigenvalue weighted by molar-refractivity contribution is 5.83. The van der Waals surface area contributed by atoms with E-state index in [1.54, 1.807) is 19.2 Å². The van der Waals surface area contributed by atoms with E-state index in [-0.39, 0.29) is 11.3 Å². The molecule has 0 spiro atoms. The summed E-state index contributed by atoms with van der Waals surface area (Å²) in [5.74, 6) is 0.441. The Labute approximate surface area is 143 Å². The lowest BCUT2D eigenvalue weighted by Crippen LogP contribution is -2.45. The second kappa shape index (κ2) is 7.99. The summed E-state index contributed by atoms with van der Waals surface area (Å²) >= 11 is 0. The summed E-state index contributed by atoms with van der Waals surface area (Å²) in [6, 6.07) is 5.88. The number of methoxy groups -OCH3 is 1. The Bertz CT molecular complexity index is 562. The fourth-order valence-corrected chi connectivity index (χ4v) is 4.12. The van der Waals surface area contributed by atoms with Crippen molar-refractivity contribution < 1.29 is 19.4 Å². The molecule has 2 aliphatic rings. The van der Waals surface area contributed by atoms with Gasteiger partial charge in [0.05, 0.1) is 11.7 Å². The molecule has 0 aromatic heterocycles. The summed E-state index contributed by atoms with van der Waals surface area (Å²) in [5.41, 5.74) is 0.235.